The first-order valence-corrected chi connectivity index (χ1v) is 9.94. The van der Waals surface area contributed by atoms with Crippen molar-refractivity contribution in [1.82, 2.24) is 15.1 Å². The second-order valence-electron chi connectivity index (χ2n) is 8.58. The maximum atomic E-state index is 13.2. The molecule has 27 heavy (non-hydrogen) atoms. The second-order valence-corrected chi connectivity index (χ2v) is 8.58. The number of hydroxylamine groups is 2. The molecule has 2 fully saturated rings. The van der Waals surface area contributed by atoms with Gasteiger partial charge in [-0.2, -0.15) is 0 Å². The monoisotopic (exact) mass is 383 g/mol. The molecular weight excluding hydrogens is 350 g/mol. The van der Waals surface area contributed by atoms with Gasteiger partial charge in [0.15, 0.2) is 0 Å². The molecule has 0 aromatic rings. The fourth-order valence-corrected chi connectivity index (χ4v) is 3.88. The number of hydrazine groups is 1. The Bertz CT molecular complexity index is 528. The summed E-state index contributed by atoms with van der Waals surface area (Å²) in [5.41, 5.74) is -0.647. The minimum Gasteiger partial charge on any atom is -0.442 e. The maximum absolute atomic E-state index is 13.2. The number of nitrogens with zero attached hydrogens (tertiary/aromatic N) is 3. The lowest BCUT2D eigenvalue weighted by molar-refractivity contribution is -0.166. The molecule has 0 radical (unpaired) electrons. The molecule has 1 aliphatic carbocycles. The first-order valence-electron chi connectivity index (χ1n) is 9.94. The number of ether oxygens (including phenoxy) is 1. The molecule has 8 heteroatoms. The molecule has 0 bridgehead atoms. The van der Waals surface area contributed by atoms with Crippen LogP contribution in [0.2, 0.25) is 0 Å². The minimum atomic E-state index is -0.647. The molecule has 1 N–H and O–H groups in total. The Morgan fingerprint density at radius 1 is 1.15 bits per heavy atom. The number of amides is 3. The normalized spacial score (nSPS) is 19.7. The van der Waals surface area contributed by atoms with Crippen molar-refractivity contribution in [3.05, 3.63) is 0 Å². The molecule has 1 heterocycles. The fraction of sp³-hybridized carbons (Fsp3) is 0.842. The van der Waals surface area contributed by atoms with Crippen LogP contribution in [0.1, 0.15) is 65.7 Å². The molecular formula is C19H33N3O5. The van der Waals surface area contributed by atoms with Crippen LogP contribution in [0.15, 0.2) is 0 Å². The van der Waals surface area contributed by atoms with Crippen molar-refractivity contribution in [2.45, 2.75) is 71.3 Å². The molecule has 1 saturated heterocycles. The van der Waals surface area contributed by atoms with Gasteiger partial charge in [0.05, 0.1) is 12.5 Å². The van der Waals surface area contributed by atoms with E-state index in [1.165, 1.54) is 10.0 Å². The van der Waals surface area contributed by atoms with Crippen LogP contribution in [0.4, 0.5) is 4.79 Å². The van der Waals surface area contributed by atoms with Gasteiger partial charge in [-0.1, -0.05) is 25.7 Å². The SMILES string of the molecule is CC(C)(C)OC(=O)N1CCCCN1C(=O)[C@H](CC1CCCC1)CN(O)C=O. The number of hydrogen-bond donors (Lipinski definition) is 1. The highest BCUT2D eigenvalue weighted by Gasteiger charge is 2.37. The molecule has 0 spiro atoms. The van der Waals surface area contributed by atoms with Gasteiger partial charge in [-0.15, -0.1) is 0 Å². The van der Waals surface area contributed by atoms with Crippen LogP contribution in [0, 0.1) is 11.8 Å². The van der Waals surface area contributed by atoms with Gasteiger partial charge in [0.25, 0.3) is 0 Å². The summed E-state index contributed by atoms with van der Waals surface area (Å²) in [5.74, 6) is -0.349. The predicted octanol–water partition coefficient (Wildman–Crippen LogP) is 2.81. The van der Waals surface area contributed by atoms with Gasteiger partial charge in [-0.05, 0) is 46.0 Å². The van der Waals surface area contributed by atoms with Crippen LogP contribution in [0.25, 0.3) is 0 Å². The summed E-state index contributed by atoms with van der Waals surface area (Å²) in [6.45, 7) is 6.17. The lowest BCUT2D eigenvalue weighted by atomic mass is 9.92. The molecule has 8 nitrogen and oxygen atoms in total. The van der Waals surface area contributed by atoms with Gasteiger partial charge in [-0.25, -0.2) is 19.9 Å². The zero-order valence-electron chi connectivity index (χ0n) is 16.7. The highest BCUT2D eigenvalue weighted by Crippen LogP contribution is 2.32. The molecule has 1 saturated carbocycles. The van der Waals surface area contributed by atoms with Crippen molar-refractivity contribution in [2.75, 3.05) is 19.6 Å². The van der Waals surface area contributed by atoms with E-state index in [9.17, 15) is 19.6 Å². The van der Waals surface area contributed by atoms with Crippen LogP contribution in [0.5, 0.6) is 0 Å². The first-order chi connectivity index (χ1) is 12.7. The Hall–Kier alpha value is -1.83. The average molecular weight is 383 g/mol. The number of carbonyl (C=O) groups excluding carboxylic acids is 3. The first kappa shape index (κ1) is 21.5. The summed E-state index contributed by atoms with van der Waals surface area (Å²) in [6.07, 6.45) is 6.42. The van der Waals surface area contributed by atoms with Gasteiger partial charge in [0.1, 0.15) is 5.60 Å². The third-order valence-electron chi connectivity index (χ3n) is 5.11. The van der Waals surface area contributed by atoms with Crippen molar-refractivity contribution < 1.29 is 24.3 Å². The lowest BCUT2D eigenvalue weighted by Crippen LogP contribution is -2.56. The van der Waals surface area contributed by atoms with E-state index in [-0.39, 0.29) is 12.5 Å². The van der Waals surface area contributed by atoms with Crippen LogP contribution in [-0.4, -0.2) is 63.9 Å². The summed E-state index contributed by atoms with van der Waals surface area (Å²) in [4.78, 5) is 36.7. The second kappa shape index (κ2) is 9.39. The Kier molecular flexibility index (Phi) is 7.47. The van der Waals surface area contributed by atoms with Crippen molar-refractivity contribution in [1.29, 1.82) is 0 Å². The molecule has 3 amide bonds. The topological polar surface area (TPSA) is 90.4 Å². The highest BCUT2D eigenvalue weighted by molar-refractivity contribution is 5.82. The summed E-state index contributed by atoms with van der Waals surface area (Å²) < 4.78 is 5.45. The van der Waals surface area contributed by atoms with Crippen LogP contribution >= 0.6 is 0 Å². The minimum absolute atomic E-state index is 0.0580. The van der Waals surface area contributed by atoms with Crippen molar-refractivity contribution >= 4 is 18.4 Å². The van der Waals surface area contributed by atoms with Gasteiger partial charge >= 0.3 is 6.09 Å². The Morgan fingerprint density at radius 2 is 1.74 bits per heavy atom. The summed E-state index contributed by atoms with van der Waals surface area (Å²) in [7, 11) is 0. The van der Waals surface area contributed by atoms with Gasteiger partial charge in [0, 0.05) is 13.1 Å². The molecule has 0 aromatic carbocycles. The Balaban J connectivity index is 2.13. The van der Waals surface area contributed by atoms with Crippen molar-refractivity contribution in [2.24, 2.45) is 11.8 Å². The summed E-state index contributed by atoms with van der Waals surface area (Å²) >= 11 is 0. The van der Waals surface area contributed by atoms with Crippen molar-refractivity contribution in [3.63, 3.8) is 0 Å². The van der Waals surface area contributed by atoms with E-state index in [2.05, 4.69) is 0 Å². The molecule has 1 aliphatic heterocycles. The third-order valence-corrected chi connectivity index (χ3v) is 5.11. The standard InChI is InChI=1S/C19H33N3O5/c1-19(2,3)27-18(25)22-11-7-6-10-21(22)17(24)16(13-20(26)14-23)12-15-8-4-5-9-15/h14-16,26H,4-13H2,1-3H3/t16-/m1/s1. The summed E-state index contributed by atoms with van der Waals surface area (Å²) in [6, 6.07) is 0. The summed E-state index contributed by atoms with van der Waals surface area (Å²) in [5, 5.41) is 13.0. The Labute approximate surface area is 161 Å². The van der Waals surface area contributed by atoms with E-state index in [1.807, 2.05) is 0 Å². The van der Waals surface area contributed by atoms with Gasteiger partial charge in [-0.3, -0.25) is 14.8 Å². The van der Waals surface area contributed by atoms with E-state index in [1.54, 1.807) is 20.8 Å². The number of carbonyl (C=O) groups is 3. The van der Waals surface area contributed by atoms with Crippen molar-refractivity contribution in [3.8, 4) is 0 Å². The van der Waals surface area contributed by atoms with E-state index in [0.29, 0.717) is 36.9 Å². The molecule has 0 unspecified atom stereocenters. The van der Waals surface area contributed by atoms with E-state index in [0.717, 1.165) is 38.5 Å². The van der Waals surface area contributed by atoms with E-state index >= 15 is 0 Å². The number of hydrogen-bond acceptors (Lipinski definition) is 5. The smallest absolute Gasteiger partial charge is 0.429 e. The van der Waals surface area contributed by atoms with Gasteiger partial charge < -0.3 is 4.74 Å². The average Bonchev–Trinajstić information content (AvgIpc) is 3.12. The molecule has 0 aromatic heterocycles. The van der Waals surface area contributed by atoms with E-state index < -0.39 is 17.6 Å². The van der Waals surface area contributed by atoms with Crippen LogP contribution in [0.3, 0.4) is 0 Å². The van der Waals surface area contributed by atoms with Crippen LogP contribution < -0.4 is 0 Å². The fourth-order valence-electron chi connectivity index (χ4n) is 3.88. The lowest BCUT2D eigenvalue weighted by Gasteiger charge is -2.40. The third kappa shape index (κ3) is 6.37. The Morgan fingerprint density at radius 3 is 2.30 bits per heavy atom. The zero-order chi connectivity index (χ0) is 20.0. The molecule has 154 valence electrons. The molecule has 1 atom stereocenters. The zero-order valence-corrected chi connectivity index (χ0v) is 16.7. The largest absolute Gasteiger partial charge is 0.442 e. The van der Waals surface area contributed by atoms with Gasteiger partial charge in [0.2, 0.25) is 12.3 Å². The molecule has 2 aliphatic rings. The van der Waals surface area contributed by atoms with E-state index in [4.69, 9.17) is 4.74 Å². The quantitative estimate of drug-likeness (QED) is 0.433. The maximum Gasteiger partial charge on any atom is 0.429 e. The molecule has 2 rings (SSSR count). The highest BCUT2D eigenvalue weighted by atomic mass is 16.6. The number of rotatable bonds is 6. The predicted molar refractivity (Wildman–Crippen MR) is 98.5 cm³/mol. The van der Waals surface area contributed by atoms with Crippen LogP contribution in [-0.2, 0) is 14.3 Å².